The molecule has 12 nitrogen and oxygen atoms in total. The third-order valence-corrected chi connectivity index (χ3v) is 4.54. The molecular formula is C25H29N5O7S. The number of nitrogens with two attached hydrogens (primary N) is 3. The van der Waals surface area contributed by atoms with Gasteiger partial charge in [-0.05, 0) is 42.0 Å². The van der Waals surface area contributed by atoms with Crippen LogP contribution in [0.2, 0.25) is 0 Å². The molecule has 0 aliphatic heterocycles. The molecule has 202 valence electrons. The van der Waals surface area contributed by atoms with Gasteiger partial charge in [-0.2, -0.15) is 8.42 Å². The van der Waals surface area contributed by atoms with Crippen molar-refractivity contribution in [2.45, 2.75) is 12.5 Å². The van der Waals surface area contributed by atoms with Crippen LogP contribution < -0.4 is 22.5 Å². The lowest BCUT2D eigenvalue weighted by Crippen LogP contribution is -2.42. The Kier molecular flexibility index (Phi) is 12.1. The maximum absolute atomic E-state index is 12.2. The van der Waals surface area contributed by atoms with E-state index in [0.717, 1.165) is 5.56 Å². The quantitative estimate of drug-likeness (QED) is 0.0980. The second kappa shape index (κ2) is 14.7. The molecule has 0 unspecified atom stereocenters. The van der Waals surface area contributed by atoms with Gasteiger partial charge in [0.1, 0.15) is 11.9 Å². The Hall–Kier alpha value is -4.75. The Bertz CT molecular complexity index is 1340. The lowest BCUT2D eigenvalue weighted by molar-refractivity contribution is -0.139. The van der Waals surface area contributed by atoms with Crippen molar-refractivity contribution in [1.82, 2.24) is 5.32 Å². The standard InChI is InChI=1S/C17H17N3O3.C7H8N2O.CH4O3S/c18-15(19)12-6-8-13(9-7-12)16(21)20-14(17(22)23)10-11-4-2-1-3-5-11;8-6-3-1-5(2-4-6)7(9)10;1-5(2,3)4/h1-9,14H,10H2,(H3,18,19)(H,20,21)(H,22,23);1-4H,8H2,(H2,9,10);1H3,(H,2,3,4)/t14-;;/m0../s1. The third kappa shape index (κ3) is 12.8. The first kappa shape index (κ1) is 31.3. The predicted molar refractivity (Wildman–Crippen MR) is 143 cm³/mol. The number of rotatable bonds is 7. The highest BCUT2D eigenvalue weighted by Gasteiger charge is 2.21. The number of benzene rings is 3. The number of primary amides is 1. The largest absolute Gasteiger partial charge is 0.480 e. The minimum Gasteiger partial charge on any atom is -0.480 e. The molecule has 0 aromatic heterocycles. The maximum atomic E-state index is 12.2. The van der Waals surface area contributed by atoms with Gasteiger partial charge in [0, 0.05) is 28.8 Å². The van der Waals surface area contributed by atoms with E-state index in [1.165, 1.54) is 12.1 Å². The number of anilines is 1. The number of hydrogen-bond donors (Lipinski definition) is 7. The second-order valence-corrected chi connectivity index (χ2v) is 9.23. The van der Waals surface area contributed by atoms with Crippen molar-refractivity contribution >= 4 is 39.4 Å². The zero-order valence-electron chi connectivity index (χ0n) is 20.4. The number of nitrogens with one attached hydrogen (secondary N) is 2. The SMILES string of the molecule is CS(=O)(=O)O.N=C(N)c1ccc(C(=O)N[C@@H](Cc2ccccc2)C(=O)O)cc1.NC(=O)c1ccc(N)cc1. The van der Waals surface area contributed by atoms with Crippen LogP contribution in [0, 0.1) is 5.41 Å². The molecule has 1 atom stereocenters. The Morgan fingerprint density at radius 1 is 0.868 bits per heavy atom. The molecule has 10 N–H and O–H groups in total. The molecule has 3 rings (SSSR count). The molecule has 3 aromatic carbocycles. The fourth-order valence-corrected chi connectivity index (χ4v) is 2.74. The van der Waals surface area contributed by atoms with Crippen molar-refractivity contribution in [2.75, 3.05) is 12.0 Å². The summed E-state index contributed by atoms with van der Waals surface area (Å²) in [5, 5.41) is 19.1. The first-order chi connectivity index (χ1) is 17.7. The Morgan fingerprint density at radius 3 is 1.74 bits per heavy atom. The fourth-order valence-electron chi connectivity index (χ4n) is 2.74. The summed E-state index contributed by atoms with van der Waals surface area (Å²) in [5.74, 6) is -2.10. The van der Waals surface area contributed by atoms with Crippen LogP contribution in [-0.4, -0.2) is 54.0 Å². The summed E-state index contributed by atoms with van der Waals surface area (Å²) in [6, 6.07) is 20.7. The summed E-state index contributed by atoms with van der Waals surface area (Å²) in [4.78, 5) is 34.0. The molecule has 0 aliphatic rings. The van der Waals surface area contributed by atoms with Gasteiger partial charge in [0.2, 0.25) is 5.91 Å². The number of amides is 2. The number of carbonyl (C=O) groups is 3. The lowest BCUT2D eigenvalue weighted by Gasteiger charge is -2.15. The van der Waals surface area contributed by atoms with Crippen molar-refractivity contribution in [3.63, 3.8) is 0 Å². The van der Waals surface area contributed by atoms with E-state index in [1.54, 1.807) is 36.4 Å². The number of amidine groups is 1. The molecule has 0 fully saturated rings. The molecule has 0 spiro atoms. The van der Waals surface area contributed by atoms with Crippen molar-refractivity contribution in [2.24, 2.45) is 11.5 Å². The summed E-state index contributed by atoms with van der Waals surface area (Å²) in [7, 11) is -3.67. The summed E-state index contributed by atoms with van der Waals surface area (Å²) in [6.45, 7) is 0. The minimum absolute atomic E-state index is 0.0931. The molecule has 0 aliphatic carbocycles. The summed E-state index contributed by atoms with van der Waals surface area (Å²) in [5.41, 5.74) is 18.5. The van der Waals surface area contributed by atoms with E-state index >= 15 is 0 Å². The number of carbonyl (C=O) groups excluding carboxylic acids is 2. The van der Waals surface area contributed by atoms with Gasteiger partial charge in [-0.25, -0.2) is 4.79 Å². The van der Waals surface area contributed by atoms with Crippen molar-refractivity contribution < 1.29 is 32.5 Å². The molecule has 0 radical (unpaired) electrons. The lowest BCUT2D eigenvalue weighted by atomic mass is 10.1. The smallest absolute Gasteiger partial charge is 0.326 e. The van der Waals surface area contributed by atoms with E-state index in [1.807, 2.05) is 30.3 Å². The maximum Gasteiger partial charge on any atom is 0.326 e. The van der Waals surface area contributed by atoms with Gasteiger partial charge < -0.3 is 27.6 Å². The minimum atomic E-state index is -3.67. The third-order valence-electron chi connectivity index (χ3n) is 4.54. The summed E-state index contributed by atoms with van der Waals surface area (Å²) >= 11 is 0. The van der Waals surface area contributed by atoms with E-state index < -0.39 is 33.9 Å². The van der Waals surface area contributed by atoms with Gasteiger partial charge >= 0.3 is 5.97 Å². The second-order valence-electron chi connectivity index (χ2n) is 7.76. The topological polar surface area (TPSA) is 240 Å². The van der Waals surface area contributed by atoms with Crippen LogP contribution in [0.5, 0.6) is 0 Å². The van der Waals surface area contributed by atoms with Gasteiger partial charge in [-0.3, -0.25) is 19.6 Å². The Labute approximate surface area is 219 Å². The van der Waals surface area contributed by atoms with Crippen LogP contribution in [0.15, 0.2) is 78.9 Å². The van der Waals surface area contributed by atoms with Crippen LogP contribution in [0.1, 0.15) is 31.8 Å². The van der Waals surface area contributed by atoms with E-state index in [0.29, 0.717) is 28.6 Å². The molecule has 38 heavy (non-hydrogen) atoms. The highest BCUT2D eigenvalue weighted by atomic mass is 32.2. The van der Waals surface area contributed by atoms with Crippen LogP contribution in [0.25, 0.3) is 0 Å². The number of aliphatic carboxylic acids is 1. The molecule has 3 aromatic rings. The van der Waals surface area contributed by atoms with E-state index in [9.17, 15) is 27.9 Å². The first-order valence-electron chi connectivity index (χ1n) is 10.8. The highest BCUT2D eigenvalue weighted by Crippen LogP contribution is 2.07. The number of carboxylic acids is 1. The molecule has 13 heteroatoms. The van der Waals surface area contributed by atoms with Crippen molar-refractivity contribution in [3.8, 4) is 0 Å². The normalized spacial score (nSPS) is 10.9. The van der Waals surface area contributed by atoms with Gasteiger partial charge in [0.25, 0.3) is 16.0 Å². The van der Waals surface area contributed by atoms with E-state index in [2.05, 4.69) is 5.32 Å². The molecule has 0 heterocycles. The number of carboxylic acid groups (broad SMARTS) is 1. The highest BCUT2D eigenvalue weighted by molar-refractivity contribution is 7.85. The molecule has 0 saturated carbocycles. The van der Waals surface area contributed by atoms with Gasteiger partial charge in [-0.1, -0.05) is 42.5 Å². The Morgan fingerprint density at radius 2 is 1.32 bits per heavy atom. The van der Waals surface area contributed by atoms with Gasteiger partial charge in [0.05, 0.1) is 6.26 Å². The van der Waals surface area contributed by atoms with E-state index in [-0.39, 0.29) is 12.3 Å². The molecule has 2 amide bonds. The van der Waals surface area contributed by atoms with Crippen LogP contribution in [-0.2, 0) is 21.3 Å². The summed E-state index contributed by atoms with van der Waals surface area (Å²) < 4.78 is 25.9. The molecule has 0 bridgehead atoms. The van der Waals surface area contributed by atoms with Crippen LogP contribution >= 0.6 is 0 Å². The number of nitrogen functional groups attached to an aromatic ring is 2. The van der Waals surface area contributed by atoms with Crippen molar-refractivity contribution in [3.05, 3.63) is 101 Å². The average Bonchev–Trinajstić information content (AvgIpc) is 2.84. The van der Waals surface area contributed by atoms with E-state index in [4.69, 9.17) is 27.2 Å². The predicted octanol–water partition coefficient (Wildman–Crippen LogP) is 1.27. The van der Waals surface area contributed by atoms with Gasteiger partial charge in [-0.15, -0.1) is 0 Å². The van der Waals surface area contributed by atoms with Crippen molar-refractivity contribution in [1.29, 1.82) is 5.41 Å². The summed E-state index contributed by atoms with van der Waals surface area (Å²) in [6.07, 6.45) is 0.917. The monoisotopic (exact) mass is 543 g/mol. The zero-order valence-corrected chi connectivity index (χ0v) is 21.2. The number of hydrogen-bond acceptors (Lipinski definition) is 7. The Balaban J connectivity index is 0.000000395. The first-order valence-corrected chi connectivity index (χ1v) is 12.6. The molecular weight excluding hydrogens is 514 g/mol. The van der Waals surface area contributed by atoms with Crippen LogP contribution in [0.3, 0.4) is 0 Å². The fraction of sp³-hybridized carbons (Fsp3) is 0.120. The molecule has 0 saturated heterocycles. The van der Waals surface area contributed by atoms with Crippen LogP contribution in [0.4, 0.5) is 5.69 Å². The zero-order chi connectivity index (χ0) is 28.9. The average molecular weight is 544 g/mol. The van der Waals surface area contributed by atoms with Gasteiger partial charge in [0.15, 0.2) is 0 Å².